The van der Waals surface area contributed by atoms with Gasteiger partial charge in [0.2, 0.25) is 0 Å². The lowest BCUT2D eigenvalue weighted by Crippen LogP contribution is -1.94. The number of hydrogen-bond acceptors (Lipinski definition) is 0. The highest BCUT2D eigenvalue weighted by Gasteiger charge is 2.05. The SMILES string of the molecule is CC1=C=C/C=C\Cc2c(C)cccc21. The van der Waals surface area contributed by atoms with Crippen molar-refractivity contribution in [3.8, 4) is 0 Å². The van der Waals surface area contributed by atoms with Gasteiger partial charge in [-0.15, -0.1) is 5.73 Å². The number of hydrogen-bond donors (Lipinski definition) is 0. The molecule has 0 spiro atoms. The van der Waals surface area contributed by atoms with E-state index in [2.05, 4.69) is 49.9 Å². The van der Waals surface area contributed by atoms with Gasteiger partial charge < -0.3 is 0 Å². The Balaban J connectivity index is 2.69. The summed E-state index contributed by atoms with van der Waals surface area (Å²) in [4.78, 5) is 0. The Bertz CT molecular complexity index is 441. The lowest BCUT2D eigenvalue weighted by molar-refractivity contribution is 1.19. The minimum atomic E-state index is 1.03. The number of fused-ring (bicyclic) bond motifs is 1. The molecule has 1 aromatic carbocycles. The monoisotopic (exact) mass is 182 g/mol. The largest absolute Gasteiger partial charge is 0.117 e. The quantitative estimate of drug-likeness (QED) is 0.537. The number of allylic oxidation sites excluding steroid dienone is 3. The minimum Gasteiger partial charge on any atom is -0.117 e. The van der Waals surface area contributed by atoms with E-state index >= 15 is 0 Å². The van der Waals surface area contributed by atoms with Crippen LogP contribution in [0.4, 0.5) is 0 Å². The van der Waals surface area contributed by atoms with Gasteiger partial charge in [0.1, 0.15) is 0 Å². The third kappa shape index (κ3) is 1.57. The average Bonchev–Trinajstić information content (AvgIpc) is 2.16. The van der Waals surface area contributed by atoms with Gasteiger partial charge in [0.05, 0.1) is 0 Å². The predicted octanol–water partition coefficient (Wildman–Crippen LogP) is 3.67. The first kappa shape index (κ1) is 9.05. The highest BCUT2D eigenvalue weighted by molar-refractivity contribution is 5.68. The molecule has 1 aromatic rings. The van der Waals surface area contributed by atoms with E-state index in [1.807, 2.05) is 6.08 Å². The average molecular weight is 182 g/mol. The van der Waals surface area contributed by atoms with Crippen LogP contribution in [-0.2, 0) is 6.42 Å². The summed E-state index contributed by atoms with van der Waals surface area (Å²) in [5, 5.41) is 0. The Hall–Kier alpha value is -1.52. The molecule has 0 amide bonds. The molecule has 1 aliphatic carbocycles. The van der Waals surface area contributed by atoms with Gasteiger partial charge in [-0.3, -0.25) is 0 Å². The van der Waals surface area contributed by atoms with Gasteiger partial charge in [0.15, 0.2) is 0 Å². The van der Waals surface area contributed by atoms with Crippen molar-refractivity contribution in [1.82, 2.24) is 0 Å². The van der Waals surface area contributed by atoms with Crippen LogP contribution in [0.3, 0.4) is 0 Å². The minimum absolute atomic E-state index is 1.03. The van der Waals surface area contributed by atoms with Crippen LogP contribution in [0.5, 0.6) is 0 Å². The van der Waals surface area contributed by atoms with Gasteiger partial charge in [-0.1, -0.05) is 30.4 Å². The van der Waals surface area contributed by atoms with Gasteiger partial charge in [0, 0.05) is 0 Å². The molecule has 0 fully saturated rings. The molecule has 0 saturated carbocycles. The maximum Gasteiger partial charge on any atom is -0.00160 e. The van der Waals surface area contributed by atoms with Gasteiger partial charge in [-0.2, -0.15) is 0 Å². The van der Waals surface area contributed by atoms with Crippen LogP contribution in [0.25, 0.3) is 5.57 Å². The van der Waals surface area contributed by atoms with Crippen LogP contribution in [0.1, 0.15) is 23.6 Å². The van der Waals surface area contributed by atoms with E-state index in [0.29, 0.717) is 0 Å². The van der Waals surface area contributed by atoms with Crippen LogP contribution in [0.2, 0.25) is 0 Å². The molecule has 14 heavy (non-hydrogen) atoms. The molecule has 0 aliphatic heterocycles. The number of benzene rings is 1. The first-order chi connectivity index (χ1) is 6.79. The van der Waals surface area contributed by atoms with Crippen molar-refractivity contribution in [2.75, 3.05) is 0 Å². The van der Waals surface area contributed by atoms with E-state index < -0.39 is 0 Å². The summed E-state index contributed by atoms with van der Waals surface area (Å²) >= 11 is 0. The van der Waals surface area contributed by atoms with Crippen molar-refractivity contribution in [3.63, 3.8) is 0 Å². The van der Waals surface area contributed by atoms with Crippen molar-refractivity contribution in [1.29, 1.82) is 0 Å². The van der Waals surface area contributed by atoms with Gasteiger partial charge in [0.25, 0.3) is 0 Å². The molecular weight excluding hydrogens is 168 g/mol. The topological polar surface area (TPSA) is 0 Å². The first-order valence-corrected chi connectivity index (χ1v) is 4.96. The Morgan fingerprint density at radius 1 is 1.21 bits per heavy atom. The summed E-state index contributed by atoms with van der Waals surface area (Å²) in [5.74, 6) is 0. The van der Waals surface area contributed by atoms with E-state index in [1.54, 1.807) is 0 Å². The van der Waals surface area contributed by atoms with Crippen LogP contribution in [-0.4, -0.2) is 0 Å². The summed E-state index contributed by atoms with van der Waals surface area (Å²) in [6.07, 6.45) is 7.27. The Kier molecular flexibility index (Phi) is 2.39. The van der Waals surface area contributed by atoms with Gasteiger partial charge in [-0.05, 0) is 48.6 Å². The van der Waals surface area contributed by atoms with Crippen LogP contribution < -0.4 is 0 Å². The molecule has 0 radical (unpaired) electrons. The van der Waals surface area contributed by atoms with Crippen molar-refractivity contribution in [2.45, 2.75) is 20.3 Å². The molecule has 0 unspecified atom stereocenters. The molecule has 0 N–H and O–H groups in total. The molecule has 0 bridgehead atoms. The van der Waals surface area contributed by atoms with E-state index in [1.165, 1.54) is 22.3 Å². The normalized spacial score (nSPS) is 16.6. The lowest BCUT2D eigenvalue weighted by Gasteiger charge is -2.11. The highest BCUT2D eigenvalue weighted by atomic mass is 14.1. The molecule has 0 atom stereocenters. The highest BCUT2D eigenvalue weighted by Crippen LogP contribution is 2.23. The molecule has 70 valence electrons. The van der Waals surface area contributed by atoms with E-state index in [9.17, 15) is 0 Å². The molecule has 2 rings (SSSR count). The molecule has 0 aromatic heterocycles. The summed E-state index contributed by atoms with van der Waals surface area (Å²) in [7, 11) is 0. The standard InChI is InChI=1S/C14H14/c1-11-7-4-3-5-9-13-12(2)8-6-10-14(11)13/h3-6,8,10H,9H2,1-2H3/b5-3-. The van der Waals surface area contributed by atoms with Crippen LogP contribution in [0.15, 0.2) is 42.2 Å². The van der Waals surface area contributed by atoms with E-state index in [4.69, 9.17) is 0 Å². The maximum absolute atomic E-state index is 3.27. The van der Waals surface area contributed by atoms with Crippen molar-refractivity contribution >= 4 is 5.57 Å². The third-order valence-corrected chi connectivity index (χ3v) is 2.67. The first-order valence-electron chi connectivity index (χ1n) is 4.96. The van der Waals surface area contributed by atoms with E-state index in [-0.39, 0.29) is 0 Å². The summed E-state index contributed by atoms with van der Waals surface area (Å²) in [5.41, 5.74) is 8.64. The Labute approximate surface area is 85.3 Å². The van der Waals surface area contributed by atoms with Crippen molar-refractivity contribution < 1.29 is 0 Å². The molecular formula is C14H14. The Morgan fingerprint density at radius 2 is 2.07 bits per heavy atom. The van der Waals surface area contributed by atoms with Crippen LogP contribution in [0, 0.1) is 6.92 Å². The molecule has 0 saturated heterocycles. The second-order valence-corrected chi connectivity index (χ2v) is 3.67. The zero-order chi connectivity index (χ0) is 9.97. The second kappa shape index (κ2) is 3.69. The summed E-state index contributed by atoms with van der Waals surface area (Å²) < 4.78 is 0. The molecule has 0 heteroatoms. The molecule has 0 heterocycles. The van der Waals surface area contributed by atoms with Gasteiger partial charge in [-0.25, -0.2) is 0 Å². The fourth-order valence-electron chi connectivity index (χ4n) is 1.83. The third-order valence-electron chi connectivity index (χ3n) is 2.67. The van der Waals surface area contributed by atoms with Crippen LogP contribution >= 0.6 is 0 Å². The molecule has 1 aliphatic rings. The summed E-state index contributed by atoms with van der Waals surface area (Å²) in [6.45, 7) is 4.29. The fraction of sp³-hybridized carbons (Fsp3) is 0.214. The zero-order valence-corrected chi connectivity index (χ0v) is 8.67. The maximum atomic E-state index is 3.27. The lowest BCUT2D eigenvalue weighted by atomic mass is 9.94. The summed E-state index contributed by atoms with van der Waals surface area (Å²) in [6, 6.07) is 6.47. The van der Waals surface area contributed by atoms with Gasteiger partial charge >= 0.3 is 0 Å². The van der Waals surface area contributed by atoms with E-state index in [0.717, 1.165) is 6.42 Å². The number of rotatable bonds is 0. The predicted molar refractivity (Wildman–Crippen MR) is 61.2 cm³/mol. The molecule has 0 nitrogen and oxygen atoms in total. The van der Waals surface area contributed by atoms with Crippen molar-refractivity contribution in [2.24, 2.45) is 0 Å². The smallest absolute Gasteiger partial charge is 0.00160 e. The fourth-order valence-corrected chi connectivity index (χ4v) is 1.83. The van der Waals surface area contributed by atoms with Crippen molar-refractivity contribution in [3.05, 3.63) is 58.8 Å². The Morgan fingerprint density at radius 3 is 2.93 bits per heavy atom. The zero-order valence-electron chi connectivity index (χ0n) is 8.67. The second-order valence-electron chi connectivity index (χ2n) is 3.67. The number of aryl methyl sites for hydroxylation is 1.